The summed E-state index contributed by atoms with van der Waals surface area (Å²) in [4.78, 5) is 14.0. The van der Waals surface area contributed by atoms with E-state index in [-0.39, 0.29) is 11.0 Å². The summed E-state index contributed by atoms with van der Waals surface area (Å²) in [6.45, 7) is 1.92. The minimum absolute atomic E-state index is 0.162. The van der Waals surface area contributed by atoms with Crippen molar-refractivity contribution >= 4 is 51.6 Å². The number of thiocarbonyl (C=S) groups is 1. The van der Waals surface area contributed by atoms with Gasteiger partial charge in [0.1, 0.15) is 16.8 Å². The Bertz CT molecular complexity index is 1290. The van der Waals surface area contributed by atoms with E-state index in [9.17, 15) is 4.79 Å². The molecule has 7 nitrogen and oxygen atoms in total. The van der Waals surface area contributed by atoms with E-state index in [1.165, 1.54) is 0 Å². The quantitative estimate of drug-likeness (QED) is 0.444. The second-order valence-electron chi connectivity index (χ2n) is 6.73. The van der Waals surface area contributed by atoms with Crippen LogP contribution in [0.1, 0.15) is 15.9 Å². The molecule has 3 aromatic carbocycles. The molecule has 156 valence electrons. The average molecular weight is 452 g/mol. The Hall–Kier alpha value is -3.49. The van der Waals surface area contributed by atoms with Crippen LogP contribution >= 0.6 is 23.8 Å². The molecule has 0 radical (unpaired) electrons. The molecule has 0 fully saturated rings. The van der Waals surface area contributed by atoms with Crippen molar-refractivity contribution in [2.24, 2.45) is 0 Å². The van der Waals surface area contributed by atoms with E-state index in [1.807, 2.05) is 43.3 Å². The monoisotopic (exact) mass is 451 g/mol. The number of nitrogens with one attached hydrogen (secondary N) is 2. The van der Waals surface area contributed by atoms with Gasteiger partial charge in [0.25, 0.3) is 5.91 Å². The lowest BCUT2D eigenvalue weighted by Crippen LogP contribution is -2.34. The summed E-state index contributed by atoms with van der Waals surface area (Å²) in [7, 11) is 1.62. The van der Waals surface area contributed by atoms with Crippen molar-refractivity contribution in [3.63, 3.8) is 0 Å². The van der Waals surface area contributed by atoms with Crippen LogP contribution in [-0.2, 0) is 0 Å². The summed E-state index contributed by atoms with van der Waals surface area (Å²) < 4.78 is 5.19. The first kappa shape index (κ1) is 20.8. The fourth-order valence-electron chi connectivity index (χ4n) is 3.00. The summed E-state index contributed by atoms with van der Waals surface area (Å²) in [6.07, 6.45) is 0. The van der Waals surface area contributed by atoms with Crippen molar-refractivity contribution in [1.29, 1.82) is 0 Å². The van der Waals surface area contributed by atoms with Crippen LogP contribution in [0.4, 0.5) is 5.69 Å². The Morgan fingerprint density at radius 1 is 1.06 bits per heavy atom. The molecular weight excluding hydrogens is 434 g/mol. The summed E-state index contributed by atoms with van der Waals surface area (Å²) >= 11 is 11.4. The first-order valence-electron chi connectivity index (χ1n) is 9.33. The van der Waals surface area contributed by atoms with Crippen molar-refractivity contribution in [2.75, 3.05) is 12.4 Å². The second kappa shape index (κ2) is 8.71. The van der Waals surface area contributed by atoms with Gasteiger partial charge in [-0.05, 0) is 73.2 Å². The number of hydrogen-bond donors (Lipinski definition) is 2. The highest BCUT2D eigenvalue weighted by Gasteiger charge is 2.13. The Balaban J connectivity index is 1.53. The normalized spacial score (nSPS) is 10.7. The van der Waals surface area contributed by atoms with Gasteiger partial charge in [-0.3, -0.25) is 10.1 Å². The lowest BCUT2D eigenvalue weighted by Gasteiger charge is -2.12. The first-order valence-corrected chi connectivity index (χ1v) is 10.1. The van der Waals surface area contributed by atoms with Gasteiger partial charge in [-0.1, -0.05) is 23.7 Å². The van der Waals surface area contributed by atoms with Gasteiger partial charge in [0, 0.05) is 5.69 Å². The van der Waals surface area contributed by atoms with Crippen LogP contribution in [0.3, 0.4) is 0 Å². The number of aryl methyl sites for hydroxylation is 1. The number of halogens is 1. The number of fused-ring (bicyclic) bond motifs is 1. The zero-order valence-electron chi connectivity index (χ0n) is 16.7. The molecular formula is C22H18ClN5O2S. The number of nitrogens with zero attached hydrogens (tertiary/aromatic N) is 3. The highest BCUT2D eigenvalue weighted by Crippen LogP contribution is 2.23. The van der Waals surface area contributed by atoms with E-state index in [0.29, 0.717) is 16.1 Å². The molecule has 1 amide bonds. The van der Waals surface area contributed by atoms with Gasteiger partial charge in [0.05, 0.1) is 23.4 Å². The number of carbonyl (C=O) groups excluding carboxylic acids is 1. The van der Waals surface area contributed by atoms with Gasteiger partial charge in [-0.2, -0.15) is 4.80 Å². The lowest BCUT2D eigenvalue weighted by molar-refractivity contribution is 0.0978. The lowest BCUT2D eigenvalue weighted by atomic mass is 10.2. The van der Waals surface area contributed by atoms with Crippen LogP contribution in [0.2, 0.25) is 5.02 Å². The van der Waals surface area contributed by atoms with Gasteiger partial charge < -0.3 is 10.1 Å². The summed E-state index contributed by atoms with van der Waals surface area (Å²) in [5.41, 5.74) is 4.21. The molecule has 1 heterocycles. The first-order chi connectivity index (χ1) is 14.9. The highest BCUT2D eigenvalue weighted by molar-refractivity contribution is 7.80. The zero-order chi connectivity index (χ0) is 22.0. The number of methoxy groups -OCH3 is 1. The number of carbonyl (C=O) groups is 1. The van der Waals surface area contributed by atoms with Gasteiger partial charge >= 0.3 is 0 Å². The molecule has 0 spiro atoms. The van der Waals surface area contributed by atoms with Gasteiger partial charge in [-0.25, -0.2) is 0 Å². The van der Waals surface area contributed by atoms with E-state index in [2.05, 4.69) is 20.8 Å². The third-order valence-electron chi connectivity index (χ3n) is 4.62. The van der Waals surface area contributed by atoms with E-state index in [1.54, 1.807) is 36.2 Å². The number of rotatable bonds is 4. The molecule has 0 bridgehead atoms. The molecule has 0 aliphatic heterocycles. The zero-order valence-corrected chi connectivity index (χ0v) is 18.3. The fraction of sp³-hybridized carbons (Fsp3) is 0.0909. The molecule has 4 aromatic rings. The number of aromatic nitrogens is 3. The van der Waals surface area contributed by atoms with Crippen molar-refractivity contribution in [3.8, 4) is 11.4 Å². The predicted molar refractivity (Wildman–Crippen MR) is 125 cm³/mol. The molecule has 4 rings (SSSR count). The summed E-state index contributed by atoms with van der Waals surface area (Å²) in [5, 5.41) is 15.3. The third-order valence-corrected chi connectivity index (χ3v) is 5.16. The van der Waals surface area contributed by atoms with Gasteiger partial charge in [-0.15, -0.1) is 10.2 Å². The molecule has 0 saturated carbocycles. The van der Waals surface area contributed by atoms with Crippen molar-refractivity contribution in [1.82, 2.24) is 20.3 Å². The molecule has 0 atom stereocenters. The minimum Gasteiger partial charge on any atom is -0.497 e. The summed E-state index contributed by atoms with van der Waals surface area (Å²) in [6, 6.07) is 18.0. The highest BCUT2D eigenvalue weighted by atomic mass is 35.5. The number of anilines is 1. The van der Waals surface area contributed by atoms with Crippen LogP contribution in [-0.4, -0.2) is 33.1 Å². The van der Waals surface area contributed by atoms with Crippen LogP contribution in [0.25, 0.3) is 16.7 Å². The number of hydrogen-bond acceptors (Lipinski definition) is 5. The Kier molecular flexibility index (Phi) is 5.83. The number of benzene rings is 3. The minimum atomic E-state index is -0.382. The number of ether oxygens (including phenoxy) is 1. The Morgan fingerprint density at radius 2 is 1.74 bits per heavy atom. The van der Waals surface area contributed by atoms with Crippen LogP contribution in [0, 0.1) is 6.92 Å². The molecule has 9 heteroatoms. The topological polar surface area (TPSA) is 81.1 Å². The molecule has 2 N–H and O–H groups in total. The SMILES string of the molecule is COc1ccc(-n2nc3cc(C)c(NC(=S)NC(=O)c4ccccc4Cl)cc3n2)cc1. The number of amides is 1. The second-order valence-corrected chi connectivity index (χ2v) is 7.55. The van der Waals surface area contributed by atoms with E-state index >= 15 is 0 Å². The van der Waals surface area contributed by atoms with E-state index in [0.717, 1.165) is 28.2 Å². The van der Waals surface area contributed by atoms with Crippen LogP contribution in [0.15, 0.2) is 60.7 Å². The molecule has 0 aliphatic rings. The average Bonchev–Trinajstić information content (AvgIpc) is 3.17. The van der Waals surface area contributed by atoms with Gasteiger partial charge in [0.2, 0.25) is 0 Å². The molecule has 0 unspecified atom stereocenters. The maximum absolute atomic E-state index is 12.4. The largest absolute Gasteiger partial charge is 0.497 e. The maximum Gasteiger partial charge on any atom is 0.258 e. The third kappa shape index (κ3) is 4.50. The van der Waals surface area contributed by atoms with Crippen molar-refractivity contribution in [2.45, 2.75) is 6.92 Å². The fourth-order valence-corrected chi connectivity index (χ4v) is 3.43. The maximum atomic E-state index is 12.4. The van der Waals surface area contributed by atoms with E-state index in [4.69, 9.17) is 28.6 Å². The smallest absolute Gasteiger partial charge is 0.258 e. The molecule has 1 aromatic heterocycles. The van der Waals surface area contributed by atoms with Crippen LogP contribution in [0.5, 0.6) is 5.75 Å². The van der Waals surface area contributed by atoms with E-state index < -0.39 is 0 Å². The van der Waals surface area contributed by atoms with Crippen LogP contribution < -0.4 is 15.4 Å². The van der Waals surface area contributed by atoms with Gasteiger partial charge in [0.15, 0.2) is 5.11 Å². The summed E-state index contributed by atoms with van der Waals surface area (Å²) in [5.74, 6) is 0.377. The molecule has 0 aliphatic carbocycles. The molecule has 0 saturated heterocycles. The predicted octanol–water partition coefficient (Wildman–Crippen LogP) is 4.52. The standard InChI is InChI=1S/C22H18ClN5O2S/c1-13-11-19-20(27-28(26-19)14-7-9-15(30-2)10-8-14)12-18(13)24-22(31)25-21(29)16-5-3-4-6-17(16)23/h3-12H,1-2H3,(H2,24,25,29,31). The molecule has 31 heavy (non-hydrogen) atoms. The Labute approximate surface area is 189 Å². The Morgan fingerprint density at radius 3 is 2.42 bits per heavy atom. The van der Waals surface area contributed by atoms with Crippen molar-refractivity contribution in [3.05, 3.63) is 76.8 Å². The van der Waals surface area contributed by atoms with Crippen molar-refractivity contribution < 1.29 is 9.53 Å².